The Balaban J connectivity index is 1.78. The summed E-state index contributed by atoms with van der Waals surface area (Å²) < 4.78 is 5.29. The highest BCUT2D eigenvalue weighted by atomic mass is 32.1. The second-order valence-corrected chi connectivity index (χ2v) is 5.81. The smallest absolute Gasteiger partial charge is 0.0940 e. The van der Waals surface area contributed by atoms with Gasteiger partial charge in [-0.2, -0.15) is 0 Å². The van der Waals surface area contributed by atoms with Crippen LogP contribution in [0.4, 0.5) is 0 Å². The van der Waals surface area contributed by atoms with Crippen LogP contribution in [0, 0.1) is 5.41 Å². The molecule has 2 N–H and O–H groups in total. The Bertz CT molecular complexity index is 514. The molecule has 0 saturated carbocycles. The van der Waals surface area contributed by atoms with Crippen molar-refractivity contribution in [3.8, 4) is 11.3 Å². The average molecular weight is 260 g/mol. The number of nitrogens with two attached hydrogens (primary N) is 1. The number of benzene rings is 1. The molecule has 18 heavy (non-hydrogen) atoms. The van der Waals surface area contributed by atoms with Crippen LogP contribution in [0.15, 0.2) is 35.7 Å². The van der Waals surface area contributed by atoms with Gasteiger partial charge in [0.05, 0.1) is 23.9 Å². The summed E-state index contributed by atoms with van der Waals surface area (Å²) in [5, 5.41) is 3.27. The monoisotopic (exact) mass is 260 g/mol. The van der Waals surface area contributed by atoms with E-state index >= 15 is 0 Å². The van der Waals surface area contributed by atoms with Crippen molar-refractivity contribution in [3.63, 3.8) is 0 Å². The first-order valence-corrected chi connectivity index (χ1v) is 6.97. The first-order valence-electron chi connectivity index (χ1n) is 6.09. The van der Waals surface area contributed by atoms with Gasteiger partial charge in [0.15, 0.2) is 0 Å². The number of aromatic nitrogens is 1. The van der Waals surface area contributed by atoms with Crippen molar-refractivity contribution in [2.45, 2.75) is 6.42 Å². The van der Waals surface area contributed by atoms with E-state index in [1.54, 1.807) is 11.3 Å². The molecule has 1 saturated heterocycles. The standard InChI is InChI=1S/C14H16N2OS/c15-8-14(9-17-10-14)6-13-16-12(7-18-13)11-4-2-1-3-5-11/h1-5,7H,6,8-10,15H2. The van der Waals surface area contributed by atoms with E-state index in [0.717, 1.165) is 30.3 Å². The van der Waals surface area contributed by atoms with Gasteiger partial charge in [0.1, 0.15) is 0 Å². The second kappa shape index (κ2) is 4.80. The van der Waals surface area contributed by atoms with Crippen molar-refractivity contribution in [2.75, 3.05) is 19.8 Å². The molecule has 1 aromatic heterocycles. The Kier molecular flexibility index (Phi) is 3.16. The number of rotatable bonds is 4. The maximum Gasteiger partial charge on any atom is 0.0940 e. The van der Waals surface area contributed by atoms with Crippen molar-refractivity contribution in [1.29, 1.82) is 0 Å². The van der Waals surface area contributed by atoms with Gasteiger partial charge in [-0.05, 0) is 0 Å². The molecule has 1 aliphatic rings. The Morgan fingerprint density at radius 3 is 2.67 bits per heavy atom. The lowest BCUT2D eigenvalue weighted by Crippen LogP contribution is -2.49. The molecule has 1 fully saturated rings. The van der Waals surface area contributed by atoms with Crippen molar-refractivity contribution in [3.05, 3.63) is 40.7 Å². The van der Waals surface area contributed by atoms with E-state index in [0.29, 0.717) is 6.54 Å². The number of nitrogens with zero attached hydrogens (tertiary/aromatic N) is 1. The molecule has 0 unspecified atom stereocenters. The molecular weight excluding hydrogens is 244 g/mol. The zero-order chi connectivity index (χ0) is 12.4. The summed E-state index contributed by atoms with van der Waals surface area (Å²) >= 11 is 1.71. The van der Waals surface area contributed by atoms with E-state index in [9.17, 15) is 0 Å². The molecular formula is C14H16N2OS. The fraction of sp³-hybridized carbons (Fsp3) is 0.357. The largest absolute Gasteiger partial charge is 0.380 e. The molecule has 0 spiro atoms. The molecule has 0 radical (unpaired) electrons. The zero-order valence-corrected chi connectivity index (χ0v) is 11.0. The fourth-order valence-corrected chi connectivity index (χ4v) is 3.11. The van der Waals surface area contributed by atoms with Gasteiger partial charge in [0.25, 0.3) is 0 Å². The Morgan fingerprint density at radius 1 is 1.28 bits per heavy atom. The SMILES string of the molecule is NCC1(Cc2nc(-c3ccccc3)cs2)COC1. The molecule has 1 aliphatic heterocycles. The lowest BCUT2D eigenvalue weighted by Gasteiger charge is -2.39. The minimum Gasteiger partial charge on any atom is -0.380 e. The van der Waals surface area contributed by atoms with Crippen LogP contribution in [0.3, 0.4) is 0 Å². The first-order chi connectivity index (χ1) is 8.81. The van der Waals surface area contributed by atoms with E-state index in [4.69, 9.17) is 15.5 Å². The van der Waals surface area contributed by atoms with Gasteiger partial charge in [0.2, 0.25) is 0 Å². The number of thiazole rings is 1. The van der Waals surface area contributed by atoms with Crippen LogP contribution in [-0.4, -0.2) is 24.7 Å². The van der Waals surface area contributed by atoms with E-state index < -0.39 is 0 Å². The lowest BCUT2D eigenvalue weighted by molar-refractivity contribution is -0.106. The van der Waals surface area contributed by atoms with Crippen LogP contribution in [0.2, 0.25) is 0 Å². The number of hydrogen-bond donors (Lipinski definition) is 1. The van der Waals surface area contributed by atoms with Crippen LogP contribution >= 0.6 is 11.3 Å². The van der Waals surface area contributed by atoms with Crippen molar-refractivity contribution < 1.29 is 4.74 Å². The predicted molar refractivity (Wildman–Crippen MR) is 73.6 cm³/mol. The maximum atomic E-state index is 5.83. The molecule has 1 aromatic carbocycles. The third-order valence-electron chi connectivity index (χ3n) is 3.40. The molecule has 2 aromatic rings. The summed E-state index contributed by atoms with van der Waals surface area (Å²) in [7, 11) is 0. The quantitative estimate of drug-likeness (QED) is 0.918. The minimum absolute atomic E-state index is 0.131. The van der Waals surface area contributed by atoms with Crippen LogP contribution < -0.4 is 5.73 Å². The van der Waals surface area contributed by atoms with Gasteiger partial charge >= 0.3 is 0 Å². The first kappa shape index (κ1) is 11.8. The third kappa shape index (κ3) is 2.19. The Hall–Kier alpha value is -1.23. The summed E-state index contributed by atoms with van der Waals surface area (Å²) in [6.07, 6.45) is 0.932. The zero-order valence-electron chi connectivity index (χ0n) is 10.1. The van der Waals surface area contributed by atoms with Gasteiger partial charge in [-0.1, -0.05) is 30.3 Å². The van der Waals surface area contributed by atoms with Crippen molar-refractivity contribution in [2.24, 2.45) is 11.1 Å². The molecule has 3 rings (SSSR count). The van der Waals surface area contributed by atoms with E-state index in [-0.39, 0.29) is 5.41 Å². The molecule has 0 aliphatic carbocycles. The molecule has 94 valence electrons. The number of ether oxygens (including phenoxy) is 1. The van der Waals surface area contributed by atoms with Gasteiger partial charge in [-0.3, -0.25) is 0 Å². The maximum absolute atomic E-state index is 5.83. The van der Waals surface area contributed by atoms with Gasteiger partial charge in [0, 0.05) is 29.3 Å². The van der Waals surface area contributed by atoms with Gasteiger partial charge < -0.3 is 10.5 Å². The summed E-state index contributed by atoms with van der Waals surface area (Å²) in [4.78, 5) is 4.70. The normalized spacial score (nSPS) is 17.4. The van der Waals surface area contributed by atoms with Gasteiger partial charge in [-0.25, -0.2) is 4.98 Å². The van der Waals surface area contributed by atoms with Crippen LogP contribution in [0.25, 0.3) is 11.3 Å². The highest BCUT2D eigenvalue weighted by Gasteiger charge is 2.38. The predicted octanol–water partition coefficient (Wildman–Crippen LogP) is 2.33. The second-order valence-electron chi connectivity index (χ2n) is 4.87. The minimum atomic E-state index is 0.131. The Morgan fingerprint density at radius 2 is 2.06 bits per heavy atom. The molecule has 0 atom stereocenters. The molecule has 0 bridgehead atoms. The highest BCUT2D eigenvalue weighted by Crippen LogP contribution is 2.32. The van der Waals surface area contributed by atoms with E-state index in [1.165, 1.54) is 5.56 Å². The summed E-state index contributed by atoms with van der Waals surface area (Å²) in [5.74, 6) is 0. The third-order valence-corrected chi connectivity index (χ3v) is 4.25. The number of hydrogen-bond acceptors (Lipinski definition) is 4. The molecule has 3 nitrogen and oxygen atoms in total. The fourth-order valence-electron chi connectivity index (χ4n) is 2.14. The van der Waals surface area contributed by atoms with E-state index in [2.05, 4.69) is 17.5 Å². The molecule has 0 amide bonds. The summed E-state index contributed by atoms with van der Waals surface area (Å²) in [6.45, 7) is 2.21. The Labute approximate surface area is 111 Å². The van der Waals surface area contributed by atoms with Crippen LogP contribution in [-0.2, 0) is 11.2 Å². The summed E-state index contributed by atoms with van der Waals surface area (Å²) in [5.41, 5.74) is 8.19. The van der Waals surface area contributed by atoms with Crippen molar-refractivity contribution in [1.82, 2.24) is 4.98 Å². The average Bonchev–Trinajstić information content (AvgIpc) is 2.83. The highest BCUT2D eigenvalue weighted by molar-refractivity contribution is 7.09. The van der Waals surface area contributed by atoms with Crippen molar-refractivity contribution >= 4 is 11.3 Å². The topological polar surface area (TPSA) is 48.1 Å². The van der Waals surface area contributed by atoms with Crippen LogP contribution in [0.5, 0.6) is 0 Å². The summed E-state index contributed by atoms with van der Waals surface area (Å²) in [6, 6.07) is 10.3. The van der Waals surface area contributed by atoms with Gasteiger partial charge in [-0.15, -0.1) is 11.3 Å². The lowest BCUT2D eigenvalue weighted by atomic mass is 9.83. The molecule has 2 heterocycles. The molecule has 4 heteroatoms. The van der Waals surface area contributed by atoms with E-state index in [1.807, 2.05) is 18.2 Å². The van der Waals surface area contributed by atoms with Crippen LogP contribution in [0.1, 0.15) is 5.01 Å².